The Balaban J connectivity index is 2.30. The summed E-state index contributed by atoms with van der Waals surface area (Å²) < 4.78 is 0.839. The molecular formula is C16H16BrClN2O. The first-order valence-electron chi connectivity index (χ1n) is 6.62. The van der Waals surface area contributed by atoms with Crippen molar-refractivity contribution in [3.8, 4) is 0 Å². The number of carbonyl (C=O) groups is 1. The number of nitrogens with one attached hydrogen (secondary N) is 1. The van der Waals surface area contributed by atoms with Crippen molar-refractivity contribution in [1.82, 2.24) is 4.98 Å². The molecule has 2 rings (SSSR count). The van der Waals surface area contributed by atoms with Gasteiger partial charge in [0.25, 0.3) is 5.91 Å². The highest BCUT2D eigenvalue weighted by molar-refractivity contribution is 9.10. The average Bonchev–Trinajstić information content (AvgIpc) is 2.42. The maximum absolute atomic E-state index is 12.4. The molecule has 0 saturated heterocycles. The van der Waals surface area contributed by atoms with E-state index in [1.807, 2.05) is 39.0 Å². The monoisotopic (exact) mass is 366 g/mol. The Kier molecular flexibility index (Phi) is 5.01. The van der Waals surface area contributed by atoms with E-state index < -0.39 is 0 Å². The molecule has 0 fully saturated rings. The van der Waals surface area contributed by atoms with Crippen LogP contribution in [0.2, 0.25) is 5.15 Å². The fourth-order valence-corrected chi connectivity index (χ4v) is 2.43. The van der Waals surface area contributed by atoms with E-state index in [1.165, 1.54) is 0 Å². The zero-order valence-corrected chi connectivity index (χ0v) is 14.4. The van der Waals surface area contributed by atoms with Crippen LogP contribution in [0.15, 0.2) is 34.8 Å². The third-order valence-electron chi connectivity index (χ3n) is 3.04. The predicted molar refractivity (Wildman–Crippen MR) is 90.2 cm³/mol. The molecule has 21 heavy (non-hydrogen) atoms. The molecule has 0 saturated carbocycles. The summed E-state index contributed by atoms with van der Waals surface area (Å²) in [4.78, 5) is 16.6. The number of hydrogen-bond donors (Lipinski definition) is 1. The van der Waals surface area contributed by atoms with Gasteiger partial charge in [0.1, 0.15) is 5.15 Å². The summed E-state index contributed by atoms with van der Waals surface area (Å²) in [6.45, 7) is 6.00. The Labute approximate surface area is 137 Å². The summed E-state index contributed by atoms with van der Waals surface area (Å²) in [5.41, 5.74) is 3.12. The number of anilines is 1. The number of hydrogen-bond acceptors (Lipinski definition) is 2. The normalized spacial score (nSPS) is 10.8. The minimum atomic E-state index is -0.201. The van der Waals surface area contributed by atoms with Crippen LogP contribution >= 0.6 is 27.5 Å². The van der Waals surface area contributed by atoms with Crippen molar-refractivity contribution in [2.75, 3.05) is 5.32 Å². The largest absolute Gasteiger partial charge is 0.321 e. The van der Waals surface area contributed by atoms with Crippen LogP contribution in [0.4, 0.5) is 5.69 Å². The summed E-state index contributed by atoms with van der Waals surface area (Å²) in [5, 5.41) is 3.22. The molecule has 0 spiro atoms. The van der Waals surface area contributed by atoms with Crippen LogP contribution < -0.4 is 5.32 Å². The van der Waals surface area contributed by atoms with Crippen LogP contribution in [0.5, 0.6) is 0 Å². The standard InChI is InChI=1S/C16H16BrClN2O/c1-9(2)13-7-11(8-15(18)19-13)16(21)20-14-6-10(3)4-5-12(14)17/h4-9H,1-3H3,(H,20,21). The quantitative estimate of drug-likeness (QED) is 0.759. The molecule has 5 heteroatoms. The number of halogens is 2. The summed E-state index contributed by atoms with van der Waals surface area (Å²) in [6.07, 6.45) is 0. The first-order chi connectivity index (χ1) is 9.86. The van der Waals surface area contributed by atoms with Gasteiger partial charge >= 0.3 is 0 Å². The fraction of sp³-hybridized carbons (Fsp3) is 0.250. The van der Waals surface area contributed by atoms with Gasteiger partial charge in [0.15, 0.2) is 0 Å². The topological polar surface area (TPSA) is 42.0 Å². The molecule has 1 amide bonds. The number of amides is 1. The highest BCUT2D eigenvalue weighted by atomic mass is 79.9. The van der Waals surface area contributed by atoms with Crippen molar-refractivity contribution in [2.24, 2.45) is 0 Å². The summed E-state index contributed by atoms with van der Waals surface area (Å²) in [7, 11) is 0. The molecular weight excluding hydrogens is 352 g/mol. The van der Waals surface area contributed by atoms with Gasteiger partial charge < -0.3 is 5.32 Å². The van der Waals surface area contributed by atoms with E-state index in [-0.39, 0.29) is 11.8 Å². The van der Waals surface area contributed by atoms with E-state index in [0.29, 0.717) is 10.7 Å². The first-order valence-corrected chi connectivity index (χ1v) is 7.79. The lowest BCUT2D eigenvalue weighted by Gasteiger charge is -2.11. The summed E-state index contributed by atoms with van der Waals surface area (Å²) in [5.74, 6) is 0.00783. The van der Waals surface area contributed by atoms with E-state index in [0.717, 1.165) is 21.4 Å². The molecule has 0 bridgehead atoms. The van der Waals surface area contributed by atoms with Crippen molar-refractivity contribution < 1.29 is 4.79 Å². The Morgan fingerprint density at radius 1 is 1.29 bits per heavy atom. The van der Waals surface area contributed by atoms with Crippen LogP contribution in [0.25, 0.3) is 0 Å². The highest BCUT2D eigenvalue weighted by Crippen LogP contribution is 2.25. The van der Waals surface area contributed by atoms with Gasteiger partial charge in [-0.2, -0.15) is 0 Å². The first kappa shape index (κ1) is 16.0. The molecule has 1 heterocycles. The molecule has 0 aliphatic carbocycles. The van der Waals surface area contributed by atoms with Gasteiger partial charge in [-0.15, -0.1) is 0 Å². The Bertz CT molecular complexity index is 686. The zero-order valence-electron chi connectivity index (χ0n) is 12.1. The van der Waals surface area contributed by atoms with Gasteiger partial charge in [-0.25, -0.2) is 4.98 Å². The fourth-order valence-electron chi connectivity index (χ4n) is 1.87. The maximum atomic E-state index is 12.4. The molecule has 3 nitrogen and oxygen atoms in total. The van der Waals surface area contributed by atoms with E-state index in [2.05, 4.69) is 26.2 Å². The molecule has 0 aliphatic heterocycles. The van der Waals surface area contributed by atoms with Crippen molar-refractivity contribution in [1.29, 1.82) is 0 Å². The Morgan fingerprint density at radius 3 is 2.67 bits per heavy atom. The second-order valence-corrected chi connectivity index (χ2v) is 6.44. The molecule has 0 aliphatic rings. The van der Waals surface area contributed by atoms with Gasteiger partial charge in [0.2, 0.25) is 0 Å². The SMILES string of the molecule is Cc1ccc(Br)c(NC(=O)c2cc(Cl)nc(C(C)C)c2)c1. The number of benzene rings is 1. The predicted octanol–water partition coefficient (Wildman–Crippen LogP) is 5.18. The van der Waals surface area contributed by atoms with Crippen LogP contribution in [0, 0.1) is 6.92 Å². The number of aromatic nitrogens is 1. The van der Waals surface area contributed by atoms with Gasteiger partial charge in [-0.1, -0.05) is 31.5 Å². The third-order valence-corrected chi connectivity index (χ3v) is 3.92. The summed E-state index contributed by atoms with van der Waals surface area (Å²) >= 11 is 9.43. The lowest BCUT2D eigenvalue weighted by Crippen LogP contribution is -2.13. The van der Waals surface area contributed by atoms with Crippen LogP contribution in [-0.2, 0) is 0 Å². The van der Waals surface area contributed by atoms with Gasteiger partial charge in [-0.3, -0.25) is 4.79 Å². The van der Waals surface area contributed by atoms with Crippen molar-refractivity contribution in [3.63, 3.8) is 0 Å². The van der Waals surface area contributed by atoms with Gasteiger partial charge in [0.05, 0.1) is 5.69 Å². The van der Waals surface area contributed by atoms with E-state index in [4.69, 9.17) is 11.6 Å². The second kappa shape index (κ2) is 6.58. The molecule has 0 atom stereocenters. The lowest BCUT2D eigenvalue weighted by molar-refractivity contribution is 0.102. The van der Waals surface area contributed by atoms with Crippen molar-refractivity contribution in [2.45, 2.75) is 26.7 Å². The zero-order chi connectivity index (χ0) is 15.6. The molecule has 1 aromatic carbocycles. The molecule has 2 aromatic rings. The van der Waals surface area contributed by atoms with Gasteiger partial charge in [0, 0.05) is 15.7 Å². The third kappa shape index (κ3) is 4.05. The molecule has 0 unspecified atom stereocenters. The Hall–Kier alpha value is -1.39. The lowest BCUT2D eigenvalue weighted by atomic mass is 10.1. The molecule has 1 N–H and O–H groups in total. The van der Waals surface area contributed by atoms with Crippen molar-refractivity contribution in [3.05, 3.63) is 56.8 Å². The van der Waals surface area contributed by atoms with Crippen molar-refractivity contribution >= 4 is 39.1 Å². The van der Waals surface area contributed by atoms with Gasteiger partial charge in [-0.05, 0) is 58.6 Å². The van der Waals surface area contributed by atoms with Crippen LogP contribution in [0.1, 0.15) is 41.4 Å². The summed E-state index contributed by atoms with van der Waals surface area (Å²) in [6, 6.07) is 9.14. The minimum absolute atomic E-state index is 0.201. The second-order valence-electron chi connectivity index (χ2n) is 5.20. The van der Waals surface area contributed by atoms with E-state index >= 15 is 0 Å². The highest BCUT2D eigenvalue weighted by Gasteiger charge is 2.12. The average molecular weight is 368 g/mol. The number of pyridine rings is 1. The maximum Gasteiger partial charge on any atom is 0.255 e. The number of rotatable bonds is 3. The number of carbonyl (C=O) groups excluding carboxylic acids is 1. The number of nitrogens with zero attached hydrogens (tertiary/aromatic N) is 1. The van der Waals surface area contributed by atoms with Crippen LogP contribution in [-0.4, -0.2) is 10.9 Å². The van der Waals surface area contributed by atoms with E-state index in [1.54, 1.807) is 12.1 Å². The smallest absolute Gasteiger partial charge is 0.255 e. The number of aryl methyl sites for hydroxylation is 1. The molecule has 0 radical (unpaired) electrons. The minimum Gasteiger partial charge on any atom is -0.321 e. The van der Waals surface area contributed by atoms with Crippen LogP contribution in [0.3, 0.4) is 0 Å². The Morgan fingerprint density at radius 2 is 2.00 bits per heavy atom. The van der Waals surface area contributed by atoms with E-state index in [9.17, 15) is 4.79 Å². The molecule has 110 valence electrons. The molecule has 1 aromatic heterocycles.